The molecule has 5 nitrogen and oxygen atoms in total. The molecular weight excluding hydrogens is 296 g/mol. The molecule has 3 heterocycles. The SMILES string of the molecule is C1CCC2(CC1)OC[C@@H]([C@H]1OC[C@H]3OC4(CCCCC4)O[C@@H]13)O2. The lowest BCUT2D eigenvalue weighted by atomic mass is 9.94. The van der Waals surface area contributed by atoms with E-state index in [9.17, 15) is 0 Å². The van der Waals surface area contributed by atoms with Crippen LogP contribution in [0.15, 0.2) is 0 Å². The van der Waals surface area contributed by atoms with Gasteiger partial charge in [0.1, 0.15) is 24.4 Å². The second-order valence-corrected chi connectivity index (χ2v) is 7.95. The van der Waals surface area contributed by atoms with Crippen LogP contribution in [0, 0.1) is 0 Å². The van der Waals surface area contributed by atoms with Gasteiger partial charge in [0.05, 0.1) is 13.2 Å². The molecule has 5 heteroatoms. The molecule has 4 atom stereocenters. The fraction of sp³-hybridized carbons (Fsp3) is 1.00. The standard InChI is InChI=1S/C18H28O5/c1-3-7-17(8-4-1)20-12-14(21-17)15-16-13(11-19-15)22-18(23-16)9-5-2-6-10-18/h13-16H,1-12H2/t13-,14+,15-,16-/m1/s1. The van der Waals surface area contributed by atoms with Gasteiger partial charge in [-0.25, -0.2) is 0 Å². The zero-order valence-electron chi connectivity index (χ0n) is 13.8. The Morgan fingerprint density at radius 3 is 1.91 bits per heavy atom. The maximum absolute atomic E-state index is 6.43. The van der Waals surface area contributed by atoms with Crippen LogP contribution in [0.4, 0.5) is 0 Å². The van der Waals surface area contributed by atoms with E-state index in [-0.39, 0.29) is 36.0 Å². The van der Waals surface area contributed by atoms with Gasteiger partial charge in [-0.15, -0.1) is 0 Å². The molecule has 2 spiro atoms. The third-order valence-corrected chi connectivity index (χ3v) is 6.33. The molecule has 0 unspecified atom stereocenters. The summed E-state index contributed by atoms with van der Waals surface area (Å²) in [6, 6.07) is 0. The number of fused-ring (bicyclic) bond motifs is 1. The summed E-state index contributed by atoms with van der Waals surface area (Å²) in [6.45, 7) is 1.26. The van der Waals surface area contributed by atoms with E-state index in [4.69, 9.17) is 23.7 Å². The van der Waals surface area contributed by atoms with E-state index in [0.717, 1.165) is 25.7 Å². The van der Waals surface area contributed by atoms with Crippen LogP contribution in [-0.4, -0.2) is 49.2 Å². The molecule has 0 radical (unpaired) electrons. The highest BCUT2D eigenvalue weighted by atomic mass is 16.8. The van der Waals surface area contributed by atoms with E-state index in [1.54, 1.807) is 0 Å². The Kier molecular flexibility index (Phi) is 3.72. The summed E-state index contributed by atoms with van der Waals surface area (Å²) in [5.74, 6) is -0.677. The molecule has 0 aromatic heterocycles. The number of rotatable bonds is 1. The zero-order valence-corrected chi connectivity index (χ0v) is 13.8. The summed E-state index contributed by atoms with van der Waals surface area (Å²) in [7, 11) is 0. The summed E-state index contributed by atoms with van der Waals surface area (Å²) < 4.78 is 31.2. The maximum atomic E-state index is 6.43. The molecule has 130 valence electrons. The van der Waals surface area contributed by atoms with Gasteiger partial charge in [0, 0.05) is 25.7 Å². The first-order chi connectivity index (χ1) is 11.3. The van der Waals surface area contributed by atoms with Crippen LogP contribution >= 0.6 is 0 Å². The molecule has 2 saturated carbocycles. The highest BCUT2D eigenvalue weighted by Gasteiger charge is 2.58. The second-order valence-electron chi connectivity index (χ2n) is 7.95. The van der Waals surface area contributed by atoms with Crippen LogP contribution < -0.4 is 0 Å². The van der Waals surface area contributed by atoms with E-state index in [0.29, 0.717) is 13.2 Å². The van der Waals surface area contributed by atoms with Gasteiger partial charge in [-0.2, -0.15) is 0 Å². The average Bonchev–Trinajstić information content (AvgIpc) is 3.23. The molecule has 2 aliphatic carbocycles. The van der Waals surface area contributed by atoms with Crippen molar-refractivity contribution in [2.24, 2.45) is 0 Å². The summed E-state index contributed by atoms with van der Waals surface area (Å²) in [5, 5.41) is 0. The molecule has 0 amide bonds. The van der Waals surface area contributed by atoms with Crippen LogP contribution in [0.5, 0.6) is 0 Å². The quantitative estimate of drug-likeness (QED) is 0.742. The van der Waals surface area contributed by atoms with Crippen molar-refractivity contribution in [2.75, 3.05) is 13.2 Å². The van der Waals surface area contributed by atoms with Gasteiger partial charge >= 0.3 is 0 Å². The number of ether oxygens (including phenoxy) is 5. The second kappa shape index (κ2) is 5.67. The molecule has 0 N–H and O–H groups in total. The highest BCUT2D eigenvalue weighted by Crippen LogP contribution is 2.46. The van der Waals surface area contributed by atoms with Crippen LogP contribution in [0.25, 0.3) is 0 Å². The first-order valence-corrected chi connectivity index (χ1v) is 9.57. The Bertz CT molecular complexity index is 441. The lowest BCUT2D eigenvalue weighted by Crippen LogP contribution is -2.43. The van der Waals surface area contributed by atoms with Crippen molar-refractivity contribution in [3.05, 3.63) is 0 Å². The van der Waals surface area contributed by atoms with Crippen molar-refractivity contribution in [2.45, 2.75) is 100 Å². The van der Waals surface area contributed by atoms with Crippen LogP contribution in [0.1, 0.15) is 64.2 Å². The monoisotopic (exact) mass is 324 g/mol. The van der Waals surface area contributed by atoms with E-state index in [2.05, 4.69) is 0 Å². The Morgan fingerprint density at radius 1 is 0.565 bits per heavy atom. The first kappa shape index (κ1) is 15.1. The van der Waals surface area contributed by atoms with E-state index < -0.39 is 0 Å². The molecule has 5 fully saturated rings. The molecule has 5 aliphatic rings. The minimum absolute atomic E-state index is 0.00885. The maximum Gasteiger partial charge on any atom is 0.169 e. The normalized spacial score (nSPS) is 44.9. The predicted octanol–water partition coefficient (Wildman–Crippen LogP) is 2.91. The Balaban J connectivity index is 1.27. The summed E-state index contributed by atoms with van der Waals surface area (Å²) in [4.78, 5) is 0. The fourth-order valence-electron chi connectivity index (χ4n) is 5.14. The van der Waals surface area contributed by atoms with Crippen LogP contribution in [-0.2, 0) is 23.7 Å². The molecule has 3 saturated heterocycles. The van der Waals surface area contributed by atoms with E-state index in [1.165, 1.54) is 38.5 Å². The first-order valence-electron chi connectivity index (χ1n) is 9.57. The lowest BCUT2D eigenvalue weighted by molar-refractivity contribution is -0.230. The molecule has 3 aliphatic heterocycles. The van der Waals surface area contributed by atoms with Crippen molar-refractivity contribution in [3.63, 3.8) is 0 Å². The van der Waals surface area contributed by atoms with Gasteiger partial charge in [-0.3, -0.25) is 0 Å². The van der Waals surface area contributed by atoms with Gasteiger partial charge in [0.15, 0.2) is 11.6 Å². The van der Waals surface area contributed by atoms with Crippen molar-refractivity contribution >= 4 is 0 Å². The topological polar surface area (TPSA) is 46.2 Å². The van der Waals surface area contributed by atoms with E-state index >= 15 is 0 Å². The molecule has 23 heavy (non-hydrogen) atoms. The summed E-state index contributed by atoms with van der Waals surface area (Å²) in [6.07, 6.45) is 11.5. The smallest absolute Gasteiger partial charge is 0.169 e. The van der Waals surface area contributed by atoms with Crippen molar-refractivity contribution < 1.29 is 23.7 Å². The Morgan fingerprint density at radius 2 is 1.17 bits per heavy atom. The van der Waals surface area contributed by atoms with Gasteiger partial charge < -0.3 is 23.7 Å². The molecule has 0 bridgehead atoms. The van der Waals surface area contributed by atoms with Crippen molar-refractivity contribution in [1.82, 2.24) is 0 Å². The molecule has 0 aromatic rings. The summed E-state index contributed by atoms with van der Waals surface area (Å²) >= 11 is 0. The zero-order chi connectivity index (χ0) is 15.3. The largest absolute Gasteiger partial charge is 0.370 e. The van der Waals surface area contributed by atoms with Gasteiger partial charge in [0.2, 0.25) is 0 Å². The molecular formula is C18H28O5. The third-order valence-electron chi connectivity index (χ3n) is 6.33. The Hall–Kier alpha value is -0.200. The van der Waals surface area contributed by atoms with E-state index in [1.807, 2.05) is 0 Å². The number of hydrogen-bond acceptors (Lipinski definition) is 5. The molecule has 0 aromatic carbocycles. The number of hydrogen-bond donors (Lipinski definition) is 0. The third kappa shape index (κ3) is 2.56. The minimum Gasteiger partial charge on any atom is -0.370 e. The molecule has 5 rings (SSSR count). The average molecular weight is 324 g/mol. The van der Waals surface area contributed by atoms with Crippen molar-refractivity contribution in [1.29, 1.82) is 0 Å². The lowest BCUT2D eigenvalue weighted by Gasteiger charge is -2.34. The predicted molar refractivity (Wildman–Crippen MR) is 81.9 cm³/mol. The summed E-state index contributed by atoms with van der Waals surface area (Å²) in [5.41, 5.74) is 0. The van der Waals surface area contributed by atoms with Crippen molar-refractivity contribution in [3.8, 4) is 0 Å². The minimum atomic E-state index is -0.341. The van der Waals surface area contributed by atoms with Gasteiger partial charge in [-0.05, 0) is 25.7 Å². The van der Waals surface area contributed by atoms with Crippen LogP contribution in [0.3, 0.4) is 0 Å². The van der Waals surface area contributed by atoms with Gasteiger partial charge in [-0.1, -0.05) is 12.8 Å². The van der Waals surface area contributed by atoms with Gasteiger partial charge in [0.25, 0.3) is 0 Å². The van der Waals surface area contributed by atoms with Crippen LogP contribution in [0.2, 0.25) is 0 Å². The highest BCUT2D eigenvalue weighted by molar-refractivity contribution is 5.00. The Labute approximate surface area is 137 Å². The fourth-order valence-corrected chi connectivity index (χ4v) is 5.14.